The van der Waals surface area contributed by atoms with Crippen molar-refractivity contribution in [2.24, 2.45) is 0 Å². The predicted molar refractivity (Wildman–Crippen MR) is 76.5 cm³/mol. The van der Waals surface area contributed by atoms with E-state index in [-0.39, 0.29) is 0 Å². The van der Waals surface area contributed by atoms with Gasteiger partial charge in [0, 0.05) is 23.3 Å². The topological polar surface area (TPSA) is 34.2 Å². The van der Waals surface area contributed by atoms with Crippen LogP contribution in [0.25, 0.3) is 11.1 Å². The molecule has 4 heteroatoms. The minimum atomic E-state index is 0.705. The number of rotatable bonds is 1. The quantitative estimate of drug-likeness (QED) is 0.867. The lowest BCUT2D eigenvalue weighted by Crippen LogP contribution is -2.21. The first-order chi connectivity index (χ1) is 9.34. The van der Waals surface area contributed by atoms with Gasteiger partial charge < -0.3 is 10.1 Å². The minimum Gasteiger partial charge on any atom is -0.477 e. The molecule has 0 unspecified atom stereocenters. The monoisotopic (exact) mass is 274 g/mol. The van der Waals surface area contributed by atoms with E-state index >= 15 is 0 Å². The van der Waals surface area contributed by atoms with E-state index in [4.69, 9.17) is 16.3 Å². The minimum absolute atomic E-state index is 0.705. The Hall–Kier alpha value is -1.58. The van der Waals surface area contributed by atoms with Crippen molar-refractivity contribution in [3.8, 4) is 17.0 Å². The van der Waals surface area contributed by atoms with E-state index in [1.54, 1.807) is 6.20 Å². The molecule has 1 aromatic heterocycles. The molecule has 2 heterocycles. The van der Waals surface area contributed by atoms with Crippen molar-refractivity contribution < 1.29 is 4.74 Å². The van der Waals surface area contributed by atoms with E-state index < -0.39 is 0 Å². The maximum Gasteiger partial charge on any atom is 0.218 e. The Morgan fingerprint density at radius 2 is 2.00 bits per heavy atom. The number of aromatic nitrogens is 1. The van der Waals surface area contributed by atoms with Gasteiger partial charge in [-0.3, -0.25) is 0 Å². The number of nitrogens with zero attached hydrogens (tertiary/aromatic N) is 1. The van der Waals surface area contributed by atoms with Crippen LogP contribution in [-0.4, -0.2) is 18.1 Å². The van der Waals surface area contributed by atoms with E-state index in [0.29, 0.717) is 6.61 Å². The SMILES string of the molecule is Clc1ccc(-c2ccnc3c2CNCCCO3)cc1. The molecule has 1 aliphatic heterocycles. The zero-order valence-electron chi connectivity index (χ0n) is 10.5. The van der Waals surface area contributed by atoms with Crippen LogP contribution in [-0.2, 0) is 6.54 Å². The third kappa shape index (κ3) is 2.72. The van der Waals surface area contributed by atoms with Crippen molar-refractivity contribution in [3.63, 3.8) is 0 Å². The Kier molecular flexibility index (Phi) is 3.67. The molecular weight excluding hydrogens is 260 g/mol. The molecule has 0 saturated carbocycles. The van der Waals surface area contributed by atoms with Gasteiger partial charge in [-0.25, -0.2) is 4.98 Å². The number of pyridine rings is 1. The normalized spacial score (nSPS) is 15.0. The van der Waals surface area contributed by atoms with Gasteiger partial charge in [-0.1, -0.05) is 23.7 Å². The first-order valence-corrected chi connectivity index (χ1v) is 6.80. The van der Waals surface area contributed by atoms with E-state index in [9.17, 15) is 0 Å². The summed E-state index contributed by atoms with van der Waals surface area (Å²) in [5.74, 6) is 0.736. The molecule has 2 aromatic rings. The van der Waals surface area contributed by atoms with E-state index in [0.717, 1.165) is 47.1 Å². The average Bonchev–Trinajstić information content (AvgIpc) is 2.40. The van der Waals surface area contributed by atoms with E-state index in [1.807, 2.05) is 30.3 Å². The molecule has 0 fully saturated rings. The zero-order chi connectivity index (χ0) is 13.1. The summed E-state index contributed by atoms with van der Waals surface area (Å²) in [4.78, 5) is 4.34. The second-order valence-electron chi connectivity index (χ2n) is 4.53. The molecule has 19 heavy (non-hydrogen) atoms. The van der Waals surface area contributed by atoms with Gasteiger partial charge in [0.25, 0.3) is 0 Å². The molecule has 0 atom stereocenters. The van der Waals surface area contributed by atoms with Crippen LogP contribution in [0.5, 0.6) is 5.88 Å². The largest absolute Gasteiger partial charge is 0.477 e. The van der Waals surface area contributed by atoms with Gasteiger partial charge in [0.1, 0.15) is 0 Å². The third-order valence-corrected chi connectivity index (χ3v) is 3.46. The van der Waals surface area contributed by atoms with Gasteiger partial charge in [-0.15, -0.1) is 0 Å². The van der Waals surface area contributed by atoms with Crippen LogP contribution in [0.1, 0.15) is 12.0 Å². The summed E-state index contributed by atoms with van der Waals surface area (Å²) >= 11 is 5.94. The number of halogens is 1. The number of benzene rings is 1. The fourth-order valence-corrected chi connectivity index (χ4v) is 2.37. The molecule has 98 valence electrons. The molecule has 1 aliphatic rings. The summed E-state index contributed by atoms with van der Waals surface area (Å²) in [5, 5.41) is 4.16. The van der Waals surface area contributed by atoms with Crippen LogP contribution in [0.3, 0.4) is 0 Å². The van der Waals surface area contributed by atoms with Gasteiger partial charge in [0.15, 0.2) is 0 Å². The predicted octanol–water partition coefficient (Wildman–Crippen LogP) is 3.27. The van der Waals surface area contributed by atoms with Crippen molar-refractivity contribution in [3.05, 3.63) is 47.1 Å². The van der Waals surface area contributed by atoms with Crippen molar-refractivity contribution in [2.45, 2.75) is 13.0 Å². The first-order valence-electron chi connectivity index (χ1n) is 6.42. The maximum absolute atomic E-state index is 5.94. The molecule has 1 N–H and O–H groups in total. The fourth-order valence-electron chi connectivity index (χ4n) is 2.25. The maximum atomic E-state index is 5.94. The second-order valence-corrected chi connectivity index (χ2v) is 4.96. The standard InChI is InChI=1S/C15H15ClN2O/c16-12-4-2-11(3-5-12)13-6-8-18-15-14(13)10-17-7-1-9-19-15/h2-6,8,17H,1,7,9-10H2. The van der Waals surface area contributed by atoms with Crippen molar-refractivity contribution in [1.29, 1.82) is 0 Å². The Balaban J connectivity index is 2.05. The molecule has 1 aromatic carbocycles. The van der Waals surface area contributed by atoms with Gasteiger partial charge in [0.05, 0.1) is 6.61 Å². The van der Waals surface area contributed by atoms with Crippen LogP contribution in [0.15, 0.2) is 36.5 Å². The van der Waals surface area contributed by atoms with Crippen LogP contribution in [0.4, 0.5) is 0 Å². The summed E-state index contributed by atoms with van der Waals surface area (Å²) in [6, 6.07) is 9.88. The lowest BCUT2D eigenvalue weighted by Gasteiger charge is -2.18. The smallest absolute Gasteiger partial charge is 0.218 e. The van der Waals surface area contributed by atoms with Crippen molar-refractivity contribution in [2.75, 3.05) is 13.2 Å². The first kappa shape index (κ1) is 12.5. The number of hydrogen-bond donors (Lipinski definition) is 1. The summed E-state index contributed by atoms with van der Waals surface area (Å²) in [5.41, 5.74) is 3.40. The average molecular weight is 275 g/mol. The van der Waals surface area contributed by atoms with Crippen LogP contribution < -0.4 is 10.1 Å². The summed E-state index contributed by atoms with van der Waals surface area (Å²) in [6.45, 7) is 2.45. The number of ether oxygens (including phenoxy) is 1. The van der Waals surface area contributed by atoms with Crippen LogP contribution in [0, 0.1) is 0 Å². The van der Waals surface area contributed by atoms with E-state index in [2.05, 4.69) is 10.3 Å². The van der Waals surface area contributed by atoms with Gasteiger partial charge in [-0.2, -0.15) is 0 Å². The number of fused-ring (bicyclic) bond motifs is 1. The third-order valence-electron chi connectivity index (χ3n) is 3.21. The van der Waals surface area contributed by atoms with Crippen molar-refractivity contribution in [1.82, 2.24) is 10.3 Å². The molecule has 3 rings (SSSR count). The summed E-state index contributed by atoms with van der Waals surface area (Å²) in [7, 11) is 0. The van der Waals surface area contributed by atoms with Crippen molar-refractivity contribution >= 4 is 11.6 Å². The molecule has 0 saturated heterocycles. The lowest BCUT2D eigenvalue weighted by molar-refractivity contribution is 0.284. The summed E-state index contributed by atoms with van der Waals surface area (Å²) < 4.78 is 5.74. The molecule has 0 aliphatic carbocycles. The molecule has 0 bridgehead atoms. The zero-order valence-corrected chi connectivity index (χ0v) is 11.3. The highest BCUT2D eigenvalue weighted by atomic mass is 35.5. The molecule has 0 radical (unpaired) electrons. The lowest BCUT2D eigenvalue weighted by atomic mass is 10.0. The van der Waals surface area contributed by atoms with Gasteiger partial charge >= 0.3 is 0 Å². The van der Waals surface area contributed by atoms with E-state index in [1.165, 1.54) is 0 Å². The number of hydrogen-bond acceptors (Lipinski definition) is 3. The fraction of sp³-hybridized carbons (Fsp3) is 0.267. The highest BCUT2D eigenvalue weighted by Gasteiger charge is 2.14. The Morgan fingerprint density at radius 1 is 1.16 bits per heavy atom. The van der Waals surface area contributed by atoms with Gasteiger partial charge in [0.2, 0.25) is 5.88 Å². The molecular formula is C15H15ClN2O. The summed E-state index contributed by atoms with van der Waals surface area (Å²) in [6.07, 6.45) is 2.80. The number of nitrogens with one attached hydrogen (secondary N) is 1. The molecule has 0 spiro atoms. The Labute approximate surface area is 117 Å². The molecule has 3 nitrogen and oxygen atoms in total. The molecule has 0 amide bonds. The van der Waals surface area contributed by atoms with Crippen LogP contribution in [0.2, 0.25) is 5.02 Å². The Bertz CT molecular complexity index is 569. The van der Waals surface area contributed by atoms with Gasteiger partial charge in [-0.05, 0) is 42.3 Å². The highest BCUT2D eigenvalue weighted by Crippen LogP contribution is 2.30. The van der Waals surface area contributed by atoms with Crippen LogP contribution >= 0.6 is 11.6 Å². The Morgan fingerprint density at radius 3 is 2.84 bits per heavy atom. The second kappa shape index (κ2) is 5.59. The highest BCUT2D eigenvalue weighted by molar-refractivity contribution is 6.30.